The molecule has 2 fully saturated rings. The van der Waals surface area contributed by atoms with Gasteiger partial charge in [0.2, 0.25) is 5.82 Å². The number of aromatic nitrogens is 4. The van der Waals surface area contributed by atoms with Gasteiger partial charge in [-0.1, -0.05) is 12.1 Å². The monoisotopic (exact) mass is 460 g/mol. The Balaban J connectivity index is 1.33. The summed E-state index contributed by atoms with van der Waals surface area (Å²) in [5.41, 5.74) is 2.41. The van der Waals surface area contributed by atoms with E-state index in [9.17, 15) is 4.79 Å². The highest BCUT2D eigenvalue weighted by Crippen LogP contribution is 2.51. The topological polar surface area (TPSA) is 96.5 Å². The van der Waals surface area contributed by atoms with Gasteiger partial charge in [0, 0.05) is 23.7 Å². The predicted molar refractivity (Wildman–Crippen MR) is 126 cm³/mol. The van der Waals surface area contributed by atoms with Crippen molar-refractivity contribution in [2.24, 2.45) is 0 Å². The number of piperidine rings is 1. The molecule has 0 saturated carbocycles. The summed E-state index contributed by atoms with van der Waals surface area (Å²) in [6.45, 7) is 5.76. The molecule has 2 bridgehead atoms. The molecule has 1 amide bonds. The number of carbonyl (C=O) groups is 1. The number of hydrogen-bond donors (Lipinski definition) is 1. The maximum absolute atomic E-state index is 13.0. The van der Waals surface area contributed by atoms with Crippen LogP contribution in [0.4, 0.5) is 16.2 Å². The van der Waals surface area contributed by atoms with Crippen molar-refractivity contribution >= 4 is 17.5 Å². The first-order chi connectivity index (χ1) is 16.4. The van der Waals surface area contributed by atoms with Crippen LogP contribution in [0, 0.1) is 0 Å². The summed E-state index contributed by atoms with van der Waals surface area (Å²) in [6.07, 6.45) is 3.60. The Morgan fingerprint density at radius 1 is 1.03 bits per heavy atom. The first-order valence-electron chi connectivity index (χ1n) is 11.8. The van der Waals surface area contributed by atoms with E-state index in [1.807, 2.05) is 56.0 Å². The minimum Gasteiger partial charge on any atom is -0.453 e. The van der Waals surface area contributed by atoms with Gasteiger partial charge in [0.05, 0.1) is 11.4 Å². The molecule has 9 heteroatoms. The van der Waals surface area contributed by atoms with Crippen molar-refractivity contribution in [2.75, 3.05) is 4.90 Å². The van der Waals surface area contributed by atoms with Gasteiger partial charge in [-0.3, -0.25) is 0 Å². The standard InChI is InChI=1S/C25H28N6O3/c1-25(2,3)34-24(32)30-16-9-10-17(30)14-18(13-16)31-19-6-4-5-7-21(19)33-22-12-15(8-11-20(22)31)23-26-28-29-27-23/h4-8,11-12,16-18H,9-10,13-14H2,1-3H3,(H,26,27,28,29)/t16-,17+,18?. The van der Waals surface area contributed by atoms with Gasteiger partial charge in [0.15, 0.2) is 11.5 Å². The number of ether oxygens (including phenoxy) is 2. The smallest absolute Gasteiger partial charge is 0.410 e. The van der Waals surface area contributed by atoms with Crippen molar-refractivity contribution in [3.05, 3.63) is 42.5 Å². The van der Waals surface area contributed by atoms with E-state index < -0.39 is 5.60 Å². The van der Waals surface area contributed by atoms with Gasteiger partial charge < -0.3 is 19.3 Å². The normalized spacial score (nSPS) is 23.2. The molecule has 4 heterocycles. The zero-order valence-electron chi connectivity index (χ0n) is 19.6. The Bertz CT molecular complexity index is 1210. The zero-order chi connectivity index (χ0) is 23.4. The van der Waals surface area contributed by atoms with Crippen LogP contribution in [0.25, 0.3) is 11.4 Å². The molecule has 3 aromatic rings. The lowest BCUT2D eigenvalue weighted by atomic mass is 9.94. The number of fused-ring (bicyclic) bond motifs is 4. The van der Waals surface area contributed by atoms with Gasteiger partial charge in [-0.05, 0) is 82.0 Å². The molecule has 3 atom stereocenters. The van der Waals surface area contributed by atoms with E-state index in [2.05, 4.69) is 37.7 Å². The second-order valence-electron chi connectivity index (χ2n) is 10.3. The zero-order valence-corrected chi connectivity index (χ0v) is 19.6. The Morgan fingerprint density at radius 3 is 2.47 bits per heavy atom. The average Bonchev–Trinajstić information content (AvgIpc) is 3.42. The molecule has 0 aliphatic carbocycles. The maximum Gasteiger partial charge on any atom is 0.410 e. The highest BCUT2D eigenvalue weighted by Gasteiger charge is 2.47. The molecule has 1 aromatic heterocycles. The van der Waals surface area contributed by atoms with Crippen molar-refractivity contribution < 1.29 is 14.3 Å². The second-order valence-corrected chi connectivity index (χ2v) is 10.3. The Kier molecular flexibility index (Phi) is 4.75. The number of carbonyl (C=O) groups excluding carboxylic acids is 1. The number of nitrogens with one attached hydrogen (secondary N) is 1. The summed E-state index contributed by atoms with van der Waals surface area (Å²) in [5.74, 6) is 2.12. The molecule has 176 valence electrons. The van der Waals surface area contributed by atoms with Gasteiger partial charge in [-0.15, -0.1) is 10.2 Å². The molecule has 34 heavy (non-hydrogen) atoms. The second kappa shape index (κ2) is 7.72. The third-order valence-corrected chi connectivity index (χ3v) is 6.85. The molecule has 3 aliphatic heterocycles. The van der Waals surface area contributed by atoms with E-state index in [-0.39, 0.29) is 24.2 Å². The van der Waals surface area contributed by atoms with E-state index in [1.165, 1.54) is 0 Å². The number of tetrazole rings is 1. The molecule has 2 aromatic carbocycles. The molecular formula is C25H28N6O3. The molecular weight excluding hydrogens is 432 g/mol. The third kappa shape index (κ3) is 3.55. The predicted octanol–water partition coefficient (Wildman–Crippen LogP) is 5.04. The number of rotatable bonds is 2. The molecule has 2 saturated heterocycles. The lowest BCUT2D eigenvalue weighted by molar-refractivity contribution is 0.00613. The van der Waals surface area contributed by atoms with E-state index in [4.69, 9.17) is 9.47 Å². The number of H-pyrrole nitrogens is 1. The largest absolute Gasteiger partial charge is 0.453 e. The molecule has 0 spiro atoms. The summed E-state index contributed by atoms with van der Waals surface area (Å²) >= 11 is 0. The Hall–Kier alpha value is -3.62. The molecule has 9 nitrogen and oxygen atoms in total. The first kappa shape index (κ1) is 20.9. The van der Waals surface area contributed by atoms with Crippen molar-refractivity contribution in [1.82, 2.24) is 25.5 Å². The minimum absolute atomic E-state index is 0.177. The fraction of sp³-hybridized carbons (Fsp3) is 0.440. The minimum atomic E-state index is -0.494. The van der Waals surface area contributed by atoms with Crippen LogP contribution in [-0.2, 0) is 4.74 Å². The molecule has 0 radical (unpaired) electrons. The van der Waals surface area contributed by atoms with Crippen LogP contribution >= 0.6 is 0 Å². The number of aromatic amines is 1. The van der Waals surface area contributed by atoms with E-state index in [1.54, 1.807) is 0 Å². The number of anilines is 2. The van der Waals surface area contributed by atoms with Gasteiger partial charge in [-0.25, -0.2) is 4.79 Å². The van der Waals surface area contributed by atoms with Crippen LogP contribution in [0.1, 0.15) is 46.5 Å². The van der Waals surface area contributed by atoms with Gasteiger partial charge >= 0.3 is 6.09 Å². The number of para-hydroxylation sites is 2. The fourth-order valence-electron chi connectivity index (χ4n) is 5.57. The van der Waals surface area contributed by atoms with Gasteiger partial charge in [-0.2, -0.15) is 5.21 Å². The van der Waals surface area contributed by atoms with Crippen LogP contribution in [0.3, 0.4) is 0 Å². The van der Waals surface area contributed by atoms with Crippen LogP contribution in [0.2, 0.25) is 0 Å². The van der Waals surface area contributed by atoms with E-state index in [0.717, 1.165) is 54.1 Å². The van der Waals surface area contributed by atoms with Crippen LogP contribution in [0.15, 0.2) is 42.5 Å². The van der Waals surface area contributed by atoms with Crippen molar-refractivity contribution in [3.8, 4) is 22.9 Å². The quantitative estimate of drug-likeness (QED) is 0.572. The molecule has 6 rings (SSSR count). The van der Waals surface area contributed by atoms with Crippen LogP contribution < -0.4 is 9.64 Å². The Labute approximate surface area is 198 Å². The SMILES string of the molecule is CC(C)(C)OC(=O)N1[C@@H]2CC[C@H]1CC(N1c3ccccc3Oc3cc(-c4nn[nH]n4)ccc31)C2. The summed E-state index contributed by atoms with van der Waals surface area (Å²) in [6, 6.07) is 14.8. The highest BCUT2D eigenvalue weighted by molar-refractivity contribution is 5.81. The number of hydrogen-bond acceptors (Lipinski definition) is 7. The van der Waals surface area contributed by atoms with Crippen LogP contribution in [-0.4, -0.2) is 55.3 Å². The van der Waals surface area contributed by atoms with Crippen molar-refractivity contribution in [2.45, 2.75) is 70.2 Å². The summed E-state index contributed by atoms with van der Waals surface area (Å²) in [5, 5.41) is 14.4. The number of nitrogens with zero attached hydrogens (tertiary/aromatic N) is 5. The van der Waals surface area contributed by atoms with Crippen molar-refractivity contribution in [1.29, 1.82) is 0 Å². The third-order valence-electron chi connectivity index (χ3n) is 6.85. The Morgan fingerprint density at radius 2 is 1.76 bits per heavy atom. The summed E-state index contributed by atoms with van der Waals surface area (Å²) < 4.78 is 12.0. The molecule has 1 unspecified atom stereocenters. The average molecular weight is 461 g/mol. The first-order valence-corrected chi connectivity index (χ1v) is 11.8. The summed E-state index contributed by atoms with van der Waals surface area (Å²) in [7, 11) is 0. The summed E-state index contributed by atoms with van der Waals surface area (Å²) in [4.78, 5) is 17.3. The fourth-order valence-corrected chi connectivity index (χ4v) is 5.57. The number of amides is 1. The molecule has 1 N–H and O–H groups in total. The van der Waals surface area contributed by atoms with Crippen molar-refractivity contribution in [3.63, 3.8) is 0 Å². The lowest BCUT2D eigenvalue weighted by Gasteiger charge is -2.45. The lowest BCUT2D eigenvalue weighted by Crippen LogP contribution is -2.53. The maximum atomic E-state index is 13.0. The van der Waals surface area contributed by atoms with E-state index in [0.29, 0.717) is 5.82 Å². The van der Waals surface area contributed by atoms with E-state index >= 15 is 0 Å². The highest BCUT2D eigenvalue weighted by atomic mass is 16.6. The van der Waals surface area contributed by atoms with Gasteiger partial charge in [0.25, 0.3) is 0 Å². The number of benzene rings is 2. The molecule has 3 aliphatic rings. The van der Waals surface area contributed by atoms with Crippen LogP contribution in [0.5, 0.6) is 11.5 Å². The van der Waals surface area contributed by atoms with Gasteiger partial charge in [0.1, 0.15) is 5.60 Å².